The standard InChI is InChI=1S/C13H14FN3O.ClH/c14-10-5-3-4-9(8-10)11-16-12(17-18-11)13(15)6-1-2-7-13;/h3-5,8H,1-2,6-7,15H2;1H. The Kier molecular flexibility index (Phi) is 3.87. The summed E-state index contributed by atoms with van der Waals surface area (Å²) in [7, 11) is 0. The molecule has 1 heterocycles. The second kappa shape index (κ2) is 5.27. The fourth-order valence-electron chi connectivity index (χ4n) is 2.39. The van der Waals surface area contributed by atoms with Crippen molar-refractivity contribution >= 4 is 12.4 Å². The molecule has 6 heteroatoms. The first-order valence-corrected chi connectivity index (χ1v) is 6.06. The summed E-state index contributed by atoms with van der Waals surface area (Å²) in [5.41, 5.74) is 6.34. The lowest BCUT2D eigenvalue weighted by atomic mass is 9.99. The zero-order valence-corrected chi connectivity index (χ0v) is 11.1. The van der Waals surface area contributed by atoms with Crippen molar-refractivity contribution in [3.8, 4) is 11.5 Å². The van der Waals surface area contributed by atoms with Crippen molar-refractivity contribution < 1.29 is 8.91 Å². The van der Waals surface area contributed by atoms with Crippen molar-refractivity contribution in [2.45, 2.75) is 31.2 Å². The lowest BCUT2D eigenvalue weighted by Gasteiger charge is -2.17. The van der Waals surface area contributed by atoms with E-state index in [-0.39, 0.29) is 18.2 Å². The molecule has 4 nitrogen and oxygen atoms in total. The number of nitrogens with two attached hydrogens (primary N) is 1. The van der Waals surface area contributed by atoms with Gasteiger partial charge in [-0.25, -0.2) is 4.39 Å². The van der Waals surface area contributed by atoms with Crippen LogP contribution in [0.1, 0.15) is 31.5 Å². The van der Waals surface area contributed by atoms with Crippen LogP contribution in [-0.4, -0.2) is 10.1 Å². The van der Waals surface area contributed by atoms with Crippen molar-refractivity contribution in [2.24, 2.45) is 5.73 Å². The molecular formula is C13H15ClFN3O. The summed E-state index contributed by atoms with van der Waals surface area (Å²) in [5.74, 6) is 0.524. The van der Waals surface area contributed by atoms with Gasteiger partial charge in [0.15, 0.2) is 5.82 Å². The van der Waals surface area contributed by atoms with Gasteiger partial charge in [-0.3, -0.25) is 0 Å². The molecule has 0 bridgehead atoms. The molecule has 1 aromatic heterocycles. The smallest absolute Gasteiger partial charge is 0.258 e. The summed E-state index contributed by atoms with van der Waals surface area (Å²) in [5, 5.41) is 3.94. The molecule has 1 fully saturated rings. The van der Waals surface area contributed by atoms with Crippen LogP contribution in [0.15, 0.2) is 28.8 Å². The van der Waals surface area contributed by atoms with Crippen molar-refractivity contribution in [2.75, 3.05) is 0 Å². The minimum Gasteiger partial charge on any atom is -0.334 e. The highest BCUT2D eigenvalue weighted by Gasteiger charge is 2.36. The molecule has 2 N–H and O–H groups in total. The Morgan fingerprint density at radius 3 is 2.68 bits per heavy atom. The molecule has 19 heavy (non-hydrogen) atoms. The van der Waals surface area contributed by atoms with Gasteiger partial charge < -0.3 is 10.3 Å². The van der Waals surface area contributed by atoms with E-state index in [2.05, 4.69) is 10.1 Å². The van der Waals surface area contributed by atoms with Gasteiger partial charge in [-0.15, -0.1) is 12.4 Å². The maximum absolute atomic E-state index is 13.1. The largest absolute Gasteiger partial charge is 0.334 e. The van der Waals surface area contributed by atoms with E-state index in [9.17, 15) is 4.39 Å². The predicted molar refractivity (Wildman–Crippen MR) is 71.3 cm³/mol. The van der Waals surface area contributed by atoms with E-state index in [0.29, 0.717) is 17.3 Å². The maximum atomic E-state index is 13.1. The van der Waals surface area contributed by atoms with Gasteiger partial charge in [0.2, 0.25) is 0 Å². The van der Waals surface area contributed by atoms with Crippen LogP contribution in [-0.2, 0) is 5.54 Å². The van der Waals surface area contributed by atoms with Crippen LogP contribution in [0, 0.1) is 5.82 Å². The van der Waals surface area contributed by atoms with E-state index < -0.39 is 5.54 Å². The molecule has 0 saturated heterocycles. The van der Waals surface area contributed by atoms with Gasteiger partial charge in [-0.05, 0) is 31.0 Å². The lowest BCUT2D eigenvalue weighted by molar-refractivity contribution is 0.372. The topological polar surface area (TPSA) is 64.9 Å². The van der Waals surface area contributed by atoms with E-state index in [4.69, 9.17) is 10.3 Å². The molecule has 0 aliphatic heterocycles. The molecular weight excluding hydrogens is 269 g/mol. The van der Waals surface area contributed by atoms with E-state index in [1.165, 1.54) is 12.1 Å². The van der Waals surface area contributed by atoms with Gasteiger partial charge in [-0.2, -0.15) is 4.98 Å². The average molecular weight is 284 g/mol. The lowest BCUT2D eigenvalue weighted by Crippen LogP contribution is -2.34. The summed E-state index contributed by atoms with van der Waals surface area (Å²) < 4.78 is 18.3. The Morgan fingerprint density at radius 1 is 1.26 bits per heavy atom. The highest BCUT2D eigenvalue weighted by molar-refractivity contribution is 5.85. The minimum absolute atomic E-state index is 0. The predicted octanol–water partition coefficient (Wildman–Crippen LogP) is 3.03. The number of nitrogens with zero attached hydrogens (tertiary/aromatic N) is 2. The molecule has 0 radical (unpaired) electrons. The number of halogens is 2. The van der Waals surface area contributed by atoms with Crippen LogP contribution in [0.5, 0.6) is 0 Å². The van der Waals surface area contributed by atoms with Crippen molar-refractivity contribution in [3.63, 3.8) is 0 Å². The van der Waals surface area contributed by atoms with E-state index >= 15 is 0 Å². The first-order chi connectivity index (χ1) is 8.67. The summed E-state index contributed by atoms with van der Waals surface area (Å²) >= 11 is 0. The summed E-state index contributed by atoms with van der Waals surface area (Å²) in [6, 6.07) is 6.10. The minimum atomic E-state index is -0.477. The molecule has 3 rings (SSSR count). The van der Waals surface area contributed by atoms with Gasteiger partial charge in [-0.1, -0.05) is 24.1 Å². The van der Waals surface area contributed by atoms with Crippen LogP contribution in [0.25, 0.3) is 11.5 Å². The Balaban J connectivity index is 0.00000133. The zero-order chi connectivity index (χ0) is 12.6. The van der Waals surface area contributed by atoms with Crippen LogP contribution in [0.4, 0.5) is 4.39 Å². The van der Waals surface area contributed by atoms with Gasteiger partial charge in [0.25, 0.3) is 5.89 Å². The number of hydrogen-bond acceptors (Lipinski definition) is 4. The quantitative estimate of drug-likeness (QED) is 0.920. The molecule has 0 atom stereocenters. The second-order valence-corrected chi connectivity index (χ2v) is 4.80. The zero-order valence-electron chi connectivity index (χ0n) is 10.3. The Morgan fingerprint density at radius 2 is 2.00 bits per heavy atom. The van der Waals surface area contributed by atoms with Crippen LogP contribution in [0.3, 0.4) is 0 Å². The third-order valence-corrected chi connectivity index (χ3v) is 3.44. The van der Waals surface area contributed by atoms with Crippen LogP contribution >= 0.6 is 12.4 Å². The molecule has 1 aliphatic carbocycles. The fourth-order valence-corrected chi connectivity index (χ4v) is 2.39. The van der Waals surface area contributed by atoms with Gasteiger partial charge >= 0.3 is 0 Å². The van der Waals surface area contributed by atoms with Crippen molar-refractivity contribution in [3.05, 3.63) is 35.9 Å². The summed E-state index contributed by atoms with van der Waals surface area (Å²) in [6.07, 6.45) is 3.91. The number of aromatic nitrogens is 2. The Hall–Kier alpha value is -1.46. The normalized spacial score (nSPS) is 17.2. The maximum Gasteiger partial charge on any atom is 0.258 e. The second-order valence-electron chi connectivity index (χ2n) is 4.80. The Bertz CT molecular complexity index is 567. The van der Waals surface area contributed by atoms with E-state index in [0.717, 1.165) is 25.7 Å². The SMILES string of the molecule is Cl.NC1(c2noc(-c3cccc(F)c3)n2)CCCC1. The Labute approximate surface area is 116 Å². The van der Waals surface area contributed by atoms with Gasteiger partial charge in [0.1, 0.15) is 5.82 Å². The molecule has 0 unspecified atom stereocenters. The third-order valence-electron chi connectivity index (χ3n) is 3.44. The highest BCUT2D eigenvalue weighted by atomic mass is 35.5. The third kappa shape index (κ3) is 2.62. The number of rotatable bonds is 2. The fraction of sp³-hybridized carbons (Fsp3) is 0.385. The summed E-state index contributed by atoms with van der Waals surface area (Å²) in [4.78, 5) is 4.31. The monoisotopic (exact) mass is 283 g/mol. The van der Waals surface area contributed by atoms with E-state index in [1.54, 1.807) is 12.1 Å². The first-order valence-electron chi connectivity index (χ1n) is 6.06. The number of hydrogen-bond donors (Lipinski definition) is 1. The van der Waals surface area contributed by atoms with Gasteiger partial charge in [0, 0.05) is 5.56 Å². The molecule has 0 spiro atoms. The first kappa shape index (κ1) is 14.0. The van der Waals surface area contributed by atoms with Crippen LogP contribution < -0.4 is 5.73 Å². The van der Waals surface area contributed by atoms with Gasteiger partial charge in [0.05, 0.1) is 5.54 Å². The molecule has 0 amide bonds. The highest BCUT2D eigenvalue weighted by Crippen LogP contribution is 2.35. The van der Waals surface area contributed by atoms with Crippen molar-refractivity contribution in [1.29, 1.82) is 0 Å². The average Bonchev–Trinajstić information content (AvgIpc) is 2.98. The molecule has 1 aliphatic rings. The molecule has 2 aromatic rings. The summed E-state index contributed by atoms with van der Waals surface area (Å²) in [6.45, 7) is 0. The molecule has 102 valence electrons. The molecule has 1 saturated carbocycles. The van der Waals surface area contributed by atoms with E-state index in [1.807, 2.05) is 0 Å². The molecule has 1 aromatic carbocycles. The van der Waals surface area contributed by atoms with Crippen molar-refractivity contribution in [1.82, 2.24) is 10.1 Å². The van der Waals surface area contributed by atoms with Crippen LogP contribution in [0.2, 0.25) is 0 Å². The number of benzene rings is 1.